The number of anilines is 4. The fraction of sp³-hybridized carbons (Fsp3) is 0.387. The molecule has 1 saturated carbocycles. The summed E-state index contributed by atoms with van der Waals surface area (Å²) >= 11 is 0. The Morgan fingerprint density at radius 2 is 1.63 bits per heavy atom. The Morgan fingerprint density at radius 3 is 2.19 bits per heavy atom. The van der Waals surface area contributed by atoms with Gasteiger partial charge >= 0.3 is 5.97 Å². The van der Waals surface area contributed by atoms with Crippen LogP contribution in [0.5, 0.6) is 0 Å². The molecule has 0 aliphatic heterocycles. The monoisotopic (exact) mass is 584 g/mol. The normalized spacial score (nSPS) is 13.2. The van der Waals surface area contributed by atoms with E-state index in [1.165, 1.54) is 14.0 Å². The second-order valence-corrected chi connectivity index (χ2v) is 10.9. The maximum absolute atomic E-state index is 13.4. The predicted octanol–water partition coefficient (Wildman–Crippen LogP) is 4.31. The minimum Gasteiger partial charge on any atom is -0.464 e. The number of nitrogens with one attached hydrogen (secondary N) is 1. The van der Waals surface area contributed by atoms with Crippen LogP contribution in [0.3, 0.4) is 0 Å². The molecule has 0 saturated heterocycles. The summed E-state index contributed by atoms with van der Waals surface area (Å²) in [5.74, 6) is 0.188. The van der Waals surface area contributed by atoms with E-state index in [4.69, 9.17) is 9.72 Å². The SMILES string of the molecule is COC(=O)c1ccc(N(C)CCN(C)c2ccc(Nc3ncc4c(C)c(C(C)=O)c(=O)n(C5CCCC5)c4n3)nc2)cn1. The molecular formula is C31H36N8O4. The van der Waals surface area contributed by atoms with Crippen LogP contribution in [0.25, 0.3) is 11.0 Å². The molecule has 43 heavy (non-hydrogen) atoms. The summed E-state index contributed by atoms with van der Waals surface area (Å²) in [6, 6.07) is 7.31. The van der Waals surface area contributed by atoms with E-state index in [2.05, 4.69) is 30.1 Å². The number of aryl methyl sites for hydroxylation is 1. The quantitative estimate of drug-likeness (QED) is 0.211. The lowest BCUT2D eigenvalue weighted by Crippen LogP contribution is -2.30. The summed E-state index contributed by atoms with van der Waals surface area (Å²) in [6.45, 7) is 4.65. The van der Waals surface area contributed by atoms with Gasteiger partial charge in [0.1, 0.15) is 17.2 Å². The number of rotatable bonds is 10. The number of pyridine rings is 3. The molecule has 1 fully saturated rings. The Balaban J connectivity index is 1.29. The van der Waals surface area contributed by atoms with Crippen molar-refractivity contribution in [1.29, 1.82) is 0 Å². The minimum absolute atomic E-state index is 0.0129. The topological polar surface area (TPSA) is 135 Å². The second kappa shape index (κ2) is 12.6. The van der Waals surface area contributed by atoms with Crippen molar-refractivity contribution in [3.63, 3.8) is 0 Å². The Morgan fingerprint density at radius 1 is 0.977 bits per heavy atom. The number of hydrogen-bond donors (Lipinski definition) is 1. The Labute approximate surface area is 249 Å². The van der Waals surface area contributed by atoms with Gasteiger partial charge in [-0.2, -0.15) is 4.98 Å². The number of carbonyl (C=O) groups is 2. The average molecular weight is 585 g/mol. The van der Waals surface area contributed by atoms with Crippen molar-refractivity contribution in [1.82, 2.24) is 24.5 Å². The smallest absolute Gasteiger partial charge is 0.356 e. The van der Waals surface area contributed by atoms with E-state index in [9.17, 15) is 14.4 Å². The zero-order chi connectivity index (χ0) is 30.7. The van der Waals surface area contributed by atoms with Crippen molar-refractivity contribution in [2.24, 2.45) is 0 Å². The molecule has 0 radical (unpaired) electrons. The molecule has 1 aliphatic carbocycles. The number of ketones is 1. The lowest BCUT2D eigenvalue weighted by molar-refractivity contribution is 0.0594. The highest BCUT2D eigenvalue weighted by Gasteiger charge is 2.26. The van der Waals surface area contributed by atoms with Crippen LogP contribution >= 0.6 is 0 Å². The number of likely N-dealkylation sites (N-methyl/N-ethyl adjacent to an activating group) is 2. The molecule has 4 heterocycles. The van der Waals surface area contributed by atoms with Gasteiger partial charge in [0.05, 0.1) is 36.4 Å². The number of carbonyl (C=O) groups excluding carboxylic acids is 2. The molecule has 12 nitrogen and oxygen atoms in total. The molecular weight excluding hydrogens is 548 g/mol. The number of nitrogens with zero attached hydrogens (tertiary/aromatic N) is 7. The van der Waals surface area contributed by atoms with Gasteiger partial charge in [0.25, 0.3) is 5.56 Å². The Bertz CT molecular complexity index is 1700. The minimum atomic E-state index is -0.464. The largest absolute Gasteiger partial charge is 0.464 e. The first-order chi connectivity index (χ1) is 20.7. The fourth-order valence-corrected chi connectivity index (χ4v) is 5.50. The summed E-state index contributed by atoms with van der Waals surface area (Å²) in [6.07, 6.45) is 8.95. The first kappa shape index (κ1) is 29.6. The number of hydrogen-bond acceptors (Lipinski definition) is 11. The Hall–Kier alpha value is -4.87. The summed E-state index contributed by atoms with van der Waals surface area (Å²) < 4.78 is 6.40. The van der Waals surface area contributed by atoms with Gasteiger partial charge in [0.15, 0.2) is 5.78 Å². The highest BCUT2D eigenvalue weighted by atomic mass is 16.5. The predicted molar refractivity (Wildman–Crippen MR) is 166 cm³/mol. The van der Waals surface area contributed by atoms with E-state index in [0.717, 1.165) is 43.6 Å². The number of fused-ring (bicyclic) bond motifs is 1. The van der Waals surface area contributed by atoms with Crippen LogP contribution in [-0.2, 0) is 4.74 Å². The molecule has 0 amide bonds. The van der Waals surface area contributed by atoms with Gasteiger partial charge in [-0.15, -0.1) is 0 Å². The maximum atomic E-state index is 13.4. The van der Waals surface area contributed by atoms with Crippen molar-refractivity contribution >= 4 is 45.9 Å². The first-order valence-corrected chi connectivity index (χ1v) is 14.3. The van der Waals surface area contributed by atoms with E-state index >= 15 is 0 Å². The third-order valence-corrected chi connectivity index (χ3v) is 8.03. The van der Waals surface area contributed by atoms with Crippen LogP contribution < -0.4 is 20.7 Å². The highest BCUT2D eigenvalue weighted by molar-refractivity contribution is 5.99. The van der Waals surface area contributed by atoms with Crippen LogP contribution in [0.4, 0.5) is 23.1 Å². The molecule has 0 atom stereocenters. The van der Waals surface area contributed by atoms with Gasteiger partial charge < -0.3 is 19.9 Å². The van der Waals surface area contributed by atoms with Crippen LogP contribution in [0, 0.1) is 6.92 Å². The number of esters is 1. The van der Waals surface area contributed by atoms with E-state index in [1.54, 1.807) is 36.1 Å². The molecule has 0 bridgehead atoms. The van der Waals surface area contributed by atoms with Crippen molar-refractivity contribution in [2.75, 3.05) is 49.4 Å². The number of methoxy groups -OCH3 is 1. The second-order valence-electron chi connectivity index (χ2n) is 10.9. The molecule has 0 unspecified atom stereocenters. The highest BCUT2D eigenvalue weighted by Crippen LogP contribution is 2.32. The van der Waals surface area contributed by atoms with Crippen LogP contribution in [0.15, 0.2) is 47.7 Å². The molecule has 12 heteroatoms. The maximum Gasteiger partial charge on any atom is 0.356 e. The summed E-state index contributed by atoms with van der Waals surface area (Å²) in [4.78, 5) is 59.5. The van der Waals surface area contributed by atoms with Crippen molar-refractivity contribution in [2.45, 2.75) is 45.6 Å². The standard InChI is InChI=1S/C31H36N8O4/c1-19-24-18-34-31(36-28(24)39(21-8-6-7-9-21)29(41)27(19)20(2)40)35-26-13-11-23(17-33-26)38(4)15-14-37(3)22-10-12-25(32-16-22)30(42)43-5/h10-13,16-18,21H,6-9,14-15H2,1-5H3,(H,33,34,35,36). The van der Waals surface area contributed by atoms with Gasteiger partial charge in [-0.3, -0.25) is 14.2 Å². The number of ether oxygens (including phenoxy) is 1. The van der Waals surface area contributed by atoms with Gasteiger partial charge in [0, 0.05) is 44.8 Å². The van der Waals surface area contributed by atoms with Gasteiger partial charge in [-0.25, -0.2) is 19.7 Å². The Kier molecular flexibility index (Phi) is 8.65. The first-order valence-electron chi connectivity index (χ1n) is 14.3. The van der Waals surface area contributed by atoms with E-state index in [-0.39, 0.29) is 28.6 Å². The zero-order valence-electron chi connectivity index (χ0n) is 25.1. The molecule has 0 aromatic carbocycles. The van der Waals surface area contributed by atoms with Crippen molar-refractivity contribution in [3.8, 4) is 0 Å². The molecule has 4 aromatic rings. The van der Waals surface area contributed by atoms with Crippen LogP contribution in [0.2, 0.25) is 0 Å². The number of aromatic nitrogens is 5. The third-order valence-electron chi connectivity index (χ3n) is 8.03. The summed E-state index contributed by atoms with van der Waals surface area (Å²) in [5, 5.41) is 3.86. The number of Topliss-reactive ketones (excluding diaryl/α,β-unsaturated/α-hetero) is 1. The average Bonchev–Trinajstić information content (AvgIpc) is 3.54. The molecule has 1 N–H and O–H groups in total. The van der Waals surface area contributed by atoms with E-state index < -0.39 is 5.97 Å². The van der Waals surface area contributed by atoms with Gasteiger partial charge in [-0.05, 0) is 56.5 Å². The van der Waals surface area contributed by atoms with Crippen LogP contribution in [0.1, 0.15) is 65.1 Å². The zero-order valence-corrected chi connectivity index (χ0v) is 25.1. The summed E-state index contributed by atoms with van der Waals surface area (Å²) in [5.41, 5.74) is 3.17. The molecule has 4 aromatic heterocycles. The lowest BCUT2D eigenvalue weighted by atomic mass is 10.0. The molecule has 5 rings (SSSR count). The van der Waals surface area contributed by atoms with Crippen molar-refractivity contribution < 1.29 is 14.3 Å². The van der Waals surface area contributed by atoms with Crippen LogP contribution in [-0.4, -0.2) is 70.6 Å². The van der Waals surface area contributed by atoms with Gasteiger partial charge in [-0.1, -0.05) is 12.8 Å². The molecule has 1 aliphatic rings. The molecule has 0 spiro atoms. The lowest BCUT2D eigenvalue weighted by Gasteiger charge is -2.25. The molecule has 224 valence electrons. The summed E-state index contributed by atoms with van der Waals surface area (Å²) in [7, 11) is 5.28. The third kappa shape index (κ3) is 6.18. The fourth-order valence-electron chi connectivity index (χ4n) is 5.50. The van der Waals surface area contributed by atoms with E-state index in [1.807, 2.05) is 32.3 Å². The van der Waals surface area contributed by atoms with E-state index in [0.29, 0.717) is 34.9 Å². The van der Waals surface area contributed by atoms with Gasteiger partial charge in [0.2, 0.25) is 5.95 Å². The van der Waals surface area contributed by atoms with Crippen molar-refractivity contribution in [3.05, 3.63) is 70.0 Å².